The molecule has 1 amide bonds. The molecule has 3 aromatic rings. The molecular formula is C25H32FN5O. The van der Waals surface area contributed by atoms with E-state index < -0.39 is 0 Å². The average Bonchev–Trinajstić information content (AvgIpc) is 3.36. The lowest BCUT2D eigenvalue weighted by Crippen LogP contribution is -2.30. The predicted molar refractivity (Wildman–Crippen MR) is 123 cm³/mol. The number of halogens is 1. The van der Waals surface area contributed by atoms with E-state index in [-0.39, 0.29) is 17.8 Å². The zero-order valence-corrected chi connectivity index (χ0v) is 19.4. The van der Waals surface area contributed by atoms with Gasteiger partial charge >= 0.3 is 0 Å². The average molecular weight is 438 g/mol. The van der Waals surface area contributed by atoms with Gasteiger partial charge in [0.2, 0.25) is 5.91 Å². The molecule has 4 rings (SSSR count). The predicted octanol–water partition coefficient (Wildman–Crippen LogP) is 3.93. The van der Waals surface area contributed by atoms with Gasteiger partial charge in [0.1, 0.15) is 5.82 Å². The smallest absolute Gasteiger partial charge is 0.220 e. The molecule has 1 aliphatic rings. The van der Waals surface area contributed by atoms with E-state index in [4.69, 9.17) is 10.1 Å². The Bertz CT molecular complexity index is 1110. The van der Waals surface area contributed by atoms with Crippen molar-refractivity contribution in [3.63, 3.8) is 0 Å². The van der Waals surface area contributed by atoms with Gasteiger partial charge in [-0.25, -0.2) is 13.9 Å². The van der Waals surface area contributed by atoms with Crippen LogP contribution in [0, 0.1) is 19.7 Å². The van der Waals surface area contributed by atoms with Gasteiger partial charge < -0.3 is 5.32 Å². The standard InChI is InChI=1S/C25H32FN5O/c1-16(2)27-25(32)10-9-22-17(3)28-24-13-23(29-31(24)18(22)4)20-11-12-30(15-20)14-19-5-7-21(26)8-6-19/h5-8,13,16,20H,9-12,14-15H2,1-4H3,(H,27,32)/t20-/m0/s1. The number of nitrogens with one attached hydrogen (secondary N) is 1. The molecule has 1 aromatic carbocycles. The summed E-state index contributed by atoms with van der Waals surface area (Å²) in [7, 11) is 0. The first kappa shape index (κ1) is 22.4. The number of aromatic nitrogens is 3. The highest BCUT2D eigenvalue weighted by Crippen LogP contribution is 2.29. The van der Waals surface area contributed by atoms with E-state index in [1.54, 1.807) is 0 Å². The number of benzene rings is 1. The number of amides is 1. The molecule has 1 N–H and O–H groups in total. The van der Waals surface area contributed by atoms with Crippen LogP contribution in [-0.4, -0.2) is 44.5 Å². The van der Waals surface area contributed by atoms with Gasteiger partial charge in [-0.05, 0) is 70.3 Å². The van der Waals surface area contributed by atoms with E-state index in [9.17, 15) is 9.18 Å². The van der Waals surface area contributed by atoms with Crippen LogP contribution in [0.5, 0.6) is 0 Å². The minimum absolute atomic E-state index is 0.0623. The Morgan fingerprint density at radius 3 is 2.72 bits per heavy atom. The van der Waals surface area contributed by atoms with Crippen LogP contribution >= 0.6 is 0 Å². The molecule has 1 fully saturated rings. The van der Waals surface area contributed by atoms with Gasteiger partial charge in [0.05, 0.1) is 5.69 Å². The second kappa shape index (κ2) is 9.36. The van der Waals surface area contributed by atoms with Crippen molar-refractivity contribution in [1.29, 1.82) is 0 Å². The zero-order valence-electron chi connectivity index (χ0n) is 19.4. The van der Waals surface area contributed by atoms with Gasteiger partial charge in [-0.3, -0.25) is 9.69 Å². The second-order valence-corrected chi connectivity index (χ2v) is 9.17. The van der Waals surface area contributed by atoms with E-state index >= 15 is 0 Å². The van der Waals surface area contributed by atoms with Crippen LogP contribution in [0.1, 0.15) is 60.8 Å². The fourth-order valence-electron chi connectivity index (χ4n) is 4.60. The zero-order chi connectivity index (χ0) is 22.8. The van der Waals surface area contributed by atoms with Crippen molar-refractivity contribution in [3.05, 3.63) is 64.4 Å². The van der Waals surface area contributed by atoms with Crippen molar-refractivity contribution in [2.24, 2.45) is 0 Å². The number of carbonyl (C=O) groups excluding carboxylic acids is 1. The Morgan fingerprint density at radius 1 is 1.25 bits per heavy atom. The number of hydrogen-bond donors (Lipinski definition) is 1. The van der Waals surface area contributed by atoms with Crippen molar-refractivity contribution in [1.82, 2.24) is 24.8 Å². The number of likely N-dealkylation sites (tertiary alicyclic amines) is 1. The maximum atomic E-state index is 13.2. The Morgan fingerprint density at radius 2 is 2.00 bits per heavy atom. The van der Waals surface area contributed by atoms with E-state index in [0.717, 1.165) is 59.9 Å². The van der Waals surface area contributed by atoms with Gasteiger partial charge in [-0.15, -0.1) is 0 Å². The number of hydrogen-bond acceptors (Lipinski definition) is 4. The van der Waals surface area contributed by atoms with Crippen molar-refractivity contribution in [3.8, 4) is 0 Å². The highest BCUT2D eigenvalue weighted by atomic mass is 19.1. The Hall–Kier alpha value is -2.80. The summed E-state index contributed by atoms with van der Waals surface area (Å²) in [6.45, 7) is 10.8. The molecule has 6 nitrogen and oxygen atoms in total. The SMILES string of the molecule is Cc1nc2cc([C@H]3CCN(Cc4ccc(F)cc4)C3)nn2c(C)c1CCC(=O)NC(C)C. The van der Waals surface area contributed by atoms with Gasteiger partial charge in [-0.2, -0.15) is 5.10 Å². The summed E-state index contributed by atoms with van der Waals surface area (Å²) >= 11 is 0. The monoisotopic (exact) mass is 437 g/mol. The summed E-state index contributed by atoms with van der Waals surface area (Å²) in [5.41, 5.74) is 6.16. The summed E-state index contributed by atoms with van der Waals surface area (Å²) in [4.78, 5) is 19.3. The van der Waals surface area contributed by atoms with Crippen LogP contribution < -0.4 is 5.32 Å². The van der Waals surface area contributed by atoms with Gasteiger partial charge in [-0.1, -0.05) is 12.1 Å². The molecule has 0 bridgehead atoms. The molecule has 1 saturated heterocycles. The van der Waals surface area contributed by atoms with Gasteiger partial charge in [0.15, 0.2) is 5.65 Å². The number of carbonyl (C=O) groups is 1. The minimum atomic E-state index is -0.198. The summed E-state index contributed by atoms with van der Waals surface area (Å²) in [5.74, 6) is 0.222. The summed E-state index contributed by atoms with van der Waals surface area (Å²) < 4.78 is 15.1. The van der Waals surface area contributed by atoms with Crippen LogP contribution in [0.3, 0.4) is 0 Å². The number of aryl methyl sites for hydroxylation is 2. The maximum Gasteiger partial charge on any atom is 0.220 e. The minimum Gasteiger partial charge on any atom is -0.354 e. The summed E-state index contributed by atoms with van der Waals surface area (Å²) in [6, 6.07) is 8.99. The van der Waals surface area contributed by atoms with Crippen molar-refractivity contribution in [2.45, 2.75) is 65.5 Å². The van der Waals surface area contributed by atoms with Crippen LogP contribution in [0.4, 0.5) is 4.39 Å². The molecule has 0 spiro atoms. The Kier molecular flexibility index (Phi) is 6.55. The first-order valence-electron chi connectivity index (χ1n) is 11.4. The Balaban J connectivity index is 1.47. The molecule has 32 heavy (non-hydrogen) atoms. The first-order chi connectivity index (χ1) is 15.3. The van der Waals surface area contributed by atoms with Crippen LogP contribution in [0.2, 0.25) is 0 Å². The molecule has 7 heteroatoms. The van der Waals surface area contributed by atoms with E-state index in [2.05, 4.69) is 23.2 Å². The van der Waals surface area contributed by atoms with Crippen molar-refractivity contribution < 1.29 is 9.18 Å². The van der Waals surface area contributed by atoms with E-state index in [1.165, 1.54) is 12.1 Å². The molecule has 1 atom stereocenters. The third-order valence-corrected chi connectivity index (χ3v) is 6.24. The van der Waals surface area contributed by atoms with Gasteiger partial charge in [0, 0.05) is 48.9 Å². The maximum absolute atomic E-state index is 13.2. The molecule has 0 radical (unpaired) electrons. The molecule has 170 valence electrons. The van der Waals surface area contributed by atoms with Crippen LogP contribution in [0.15, 0.2) is 30.3 Å². The molecule has 0 unspecified atom stereocenters. The second-order valence-electron chi connectivity index (χ2n) is 9.17. The van der Waals surface area contributed by atoms with Crippen LogP contribution in [0.25, 0.3) is 5.65 Å². The van der Waals surface area contributed by atoms with Gasteiger partial charge in [0.25, 0.3) is 0 Å². The Labute approximate surface area is 188 Å². The van der Waals surface area contributed by atoms with Crippen LogP contribution in [-0.2, 0) is 17.8 Å². The lowest BCUT2D eigenvalue weighted by atomic mass is 10.1. The quantitative estimate of drug-likeness (QED) is 0.608. The molecule has 0 saturated carbocycles. The fraction of sp³-hybridized carbons (Fsp3) is 0.480. The molecular weight excluding hydrogens is 405 g/mol. The summed E-state index contributed by atoms with van der Waals surface area (Å²) in [6.07, 6.45) is 2.15. The molecule has 3 heterocycles. The molecule has 1 aliphatic heterocycles. The fourth-order valence-corrected chi connectivity index (χ4v) is 4.60. The van der Waals surface area contributed by atoms with Crippen molar-refractivity contribution in [2.75, 3.05) is 13.1 Å². The first-order valence-corrected chi connectivity index (χ1v) is 11.4. The van der Waals surface area contributed by atoms with E-state index in [0.29, 0.717) is 18.8 Å². The normalized spacial score (nSPS) is 16.9. The summed E-state index contributed by atoms with van der Waals surface area (Å²) in [5, 5.41) is 7.85. The lowest BCUT2D eigenvalue weighted by molar-refractivity contribution is -0.121. The largest absolute Gasteiger partial charge is 0.354 e. The number of fused-ring (bicyclic) bond motifs is 1. The van der Waals surface area contributed by atoms with Crippen molar-refractivity contribution >= 4 is 11.6 Å². The number of rotatable bonds is 7. The third-order valence-electron chi connectivity index (χ3n) is 6.24. The van der Waals surface area contributed by atoms with E-state index in [1.807, 2.05) is 37.4 Å². The lowest BCUT2D eigenvalue weighted by Gasteiger charge is -2.15. The topological polar surface area (TPSA) is 62.5 Å². The highest BCUT2D eigenvalue weighted by molar-refractivity contribution is 5.76. The molecule has 2 aromatic heterocycles. The highest BCUT2D eigenvalue weighted by Gasteiger charge is 2.27. The third kappa shape index (κ3) is 4.99. The molecule has 0 aliphatic carbocycles. The number of nitrogens with zero attached hydrogens (tertiary/aromatic N) is 4.